The molecule has 0 saturated heterocycles. The van der Waals surface area contributed by atoms with E-state index in [1.165, 1.54) is 31.8 Å². The zero-order valence-corrected chi connectivity index (χ0v) is 8.97. The molecule has 1 aliphatic rings. The Morgan fingerprint density at radius 2 is 1.79 bits per heavy atom. The molecule has 0 bridgehead atoms. The first-order valence-electron chi connectivity index (χ1n) is 5.21. The van der Waals surface area contributed by atoms with Crippen molar-refractivity contribution >= 4 is 5.78 Å². The Balaban J connectivity index is 2.81. The van der Waals surface area contributed by atoms with Crippen molar-refractivity contribution in [3.8, 4) is 0 Å². The summed E-state index contributed by atoms with van der Waals surface area (Å²) in [6.07, 6.45) is 7.72. The van der Waals surface area contributed by atoms with E-state index in [0.717, 1.165) is 12.8 Å². The number of aliphatic hydroxyl groups excluding tert-OH is 1. The van der Waals surface area contributed by atoms with Gasteiger partial charge in [-0.25, -0.2) is 0 Å². The molecule has 14 heavy (non-hydrogen) atoms. The predicted octanol–water partition coefficient (Wildman–Crippen LogP) is 3.30. The Labute approximate surface area is 85.3 Å². The topological polar surface area (TPSA) is 37.3 Å². The van der Waals surface area contributed by atoms with E-state index in [0.29, 0.717) is 5.57 Å². The van der Waals surface area contributed by atoms with E-state index in [1.807, 2.05) is 6.08 Å². The van der Waals surface area contributed by atoms with Crippen molar-refractivity contribution in [2.45, 2.75) is 46.0 Å². The number of carbonyl (C=O) groups excluding carboxylic acids is 1. The van der Waals surface area contributed by atoms with E-state index in [2.05, 4.69) is 0 Å². The van der Waals surface area contributed by atoms with Crippen molar-refractivity contribution in [1.82, 2.24) is 0 Å². The lowest BCUT2D eigenvalue weighted by atomic mass is 9.92. The van der Waals surface area contributed by atoms with Gasteiger partial charge in [-0.05, 0) is 45.6 Å². The van der Waals surface area contributed by atoms with Gasteiger partial charge in [-0.15, -0.1) is 0 Å². The van der Waals surface area contributed by atoms with Crippen LogP contribution in [0.5, 0.6) is 0 Å². The van der Waals surface area contributed by atoms with Gasteiger partial charge in [0.05, 0.1) is 11.3 Å². The van der Waals surface area contributed by atoms with Crippen molar-refractivity contribution in [3.63, 3.8) is 0 Å². The third kappa shape index (κ3) is 3.02. The molecule has 0 spiro atoms. The summed E-state index contributed by atoms with van der Waals surface area (Å²) in [5.41, 5.74) is 1.77. The molecular weight excluding hydrogens is 176 g/mol. The van der Waals surface area contributed by atoms with Crippen molar-refractivity contribution in [3.05, 3.63) is 23.0 Å². The lowest BCUT2D eigenvalue weighted by molar-refractivity contribution is -0.113. The Morgan fingerprint density at radius 1 is 1.21 bits per heavy atom. The number of hydrogen-bond acceptors (Lipinski definition) is 2. The Bertz CT molecular complexity index is 273. The number of rotatable bonds is 2. The Hall–Kier alpha value is -1.05. The maximum Gasteiger partial charge on any atom is 0.163 e. The van der Waals surface area contributed by atoms with Crippen LogP contribution >= 0.6 is 0 Å². The van der Waals surface area contributed by atoms with Gasteiger partial charge in [0.2, 0.25) is 0 Å². The number of allylic oxidation sites excluding steroid dienone is 4. The van der Waals surface area contributed by atoms with Crippen LogP contribution in [0.15, 0.2) is 23.0 Å². The highest BCUT2D eigenvalue weighted by Crippen LogP contribution is 2.24. The van der Waals surface area contributed by atoms with Gasteiger partial charge >= 0.3 is 0 Å². The first-order valence-corrected chi connectivity index (χ1v) is 5.21. The molecular formula is C12H18O2. The van der Waals surface area contributed by atoms with E-state index < -0.39 is 0 Å². The third-order valence-corrected chi connectivity index (χ3v) is 2.61. The van der Waals surface area contributed by atoms with E-state index >= 15 is 0 Å². The molecule has 0 amide bonds. The van der Waals surface area contributed by atoms with Crippen LogP contribution in [0.1, 0.15) is 46.0 Å². The second kappa shape index (κ2) is 4.99. The molecule has 0 radical (unpaired) electrons. The van der Waals surface area contributed by atoms with Gasteiger partial charge in [0.1, 0.15) is 0 Å². The van der Waals surface area contributed by atoms with Crippen LogP contribution in [0.2, 0.25) is 0 Å². The standard InChI is InChI=1S/C12H18O2/c1-9(13)12(10(2)14)8-11-6-4-3-5-7-11/h8,13H,3-7H2,1-2H3/b12-9-. The predicted molar refractivity (Wildman–Crippen MR) is 57.2 cm³/mol. The molecule has 1 aliphatic carbocycles. The smallest absolute Gasteiger partial charge is 0.163 e. The molecule has 0 aromatic carbocycles. The molecule has 0 unspecified atom stereocenters. The van der Waals surface area contributed by atoms with E-state index in [1.54, 1.807) is 6.92 Å². The fourth-order valence-electron chi connectivity index (χ4n) is 1.82. The summed E-state index contributed by atoms with van der Waals surface area (Å²) < 4.78 is 0. The van der Waals surface area contributed by atoms with E-state index in [9.17, 15) is 9.90 Å². The van der Waals surface area contributed by atoms with Gasteiger partial charge < -0.3 is 5.11 Å². The Kier molecular flexibility index (Phi) is 3.93. The van der Waals surface area contributed by atoms with Gasteiger partial charge in [0.15, 0.2) is 5.78 Å². The SMILES string of the molecule is CC(=O)/C(C=C1CCCCC1)=C(/C)O. The molecule has 0 heterocycles. The molecule has 1 rings (SSSR count). The molecule has 0 atom stereocenters. The summed E-state index contributed by atoms with van der Waals surface area (Å²) in [5.74, 6) is 0.0821. The number of carbonyl (C=O) groups is 1. The highest BCUT2D eigenvalue weighted by molar-refractivity contribution is 5.96. The number of Topliss-reactive ketones (excluding diaryl/α,β-unsaturated/α-hetero) is 1. The maximum absolute atomic E-state index is 11.2. The third-order valence-electron chi connectivity index (χ3n) is 2.61. The summed E-state index contributed by atoms with van der Waals surface area (Å²) in [7, 11) is 0. The average molecular weight is 194 g/mol. The highest BCUT2D eigenvalue weighted by atomic mass is 16.3. The normalized spacial score (nSPS) is 18.9. The van der Waals surface area contributed by atoms with Gasteiger partial charge in [-0.3, -0.25) is 4.79 Å². The fraction of sp³-hybridized carbons (Fsp3) is 0.583. The highest BCUT2D eigenvalue weighted by Gasteiger charge is 2.09. The summed E-state index contributed by atoms with van der Waals surface area (Å²) in [6.45, 7) is 3.06. The summed E-state index contributed by atoms with van der Waals surface area (Å²) in [6, 6.07) is 0. The lowest BCUT2D eigenvalue weighted by Crippen LogP contribution is -2.01. The van der Waals surface area contributed by atoms with Crippen LogP contribution in [0.4, 0.5) is 0 Å². The molecule has 0 aliphatic heterocycles. The fourth-order valence-corrected chi connectivity index (χ4v) is 1.82. The summed E-state index contributed by atoms with van der Waals surface area (Å²) in [4.78, 5) is 11.2. The summed E-state index contributed by atoms with van der Waals surface area (Å²) >= 11 is 0. The number of aliphatic hydroxyl groups is 1. The summed E-state index contributed by atoms with van der Waals surface area (Å²) in [5, 5.41) is 9.33. The van der Waals surface area contributed by atoms with E-state index in [-0.39, 0.29) is 11.5 Å². The number of hydrogen-bond donors (Lipinski definition) is 1. The van der Waals surface area contributed by atoms with Gasteiger partial charge in [-0.1, -0.05) is 12.0 Å². The molecule has 0 aromatic heterocycles. The first-order chi connectivity index (χ1) is 6.61. The van der Waals surface area contributed by atoms with Crippen LogP contribution in [0, 0.1) is 0 Å². The van der Waals surface area contributed by atoms with Gasteiger partial charge in [0, 0.05) is 0 Å². The van der Waals surface area contributed by atoms with E-state index in [4.69, 9.17) is 0 Å². The largest absolute Gasteiger partial charge is 0.512 e. The minimum Gasteiger partial charge on any atom is -0.512 e. The molecule has 2 nitrogen and oxygen atoms in total. The van der Waals surface area contributed by atoms with Crippen molar-refractivity contribution in [2.75, 3.05) is 0 Å². The molecule has 1 N–H and O–H groups in total. The van der Waals surface area contributed by atoms with Crippen LogP contribution < -0.4 is 0 Å². The zero-order valence-electron chi connectivity index (χ0n) is 8.97. The quantitative estimate of drug-likeness (QED) is 0.541. The monoisotopic (exact) mass is 194 g/mol. The molecule has 0 aromatic rings. The maximum atomic E-state index is 11.2. The second-order valence-corrected chi connectivity index (χ2v) is 3.92. The van der Waals surface area contributed by atoms with Crippen molar-refractivity contribution in [2.24, 2.45) is 0 Å². The second-order valence-electron chi connectivity index (χ2n) is 3.92. The van der Waals surface area contributed by atoms with Crippen LogP contribution in [-0.4, -0.2) is 10.9 Å². The van der Waals surface area contributed by atoms with Crippen LogP contribution in [0.3, 0.4) is 0 Å². The zero-order chi connectivity index (χ0) is 10.6. The van der Waals surface area contributed by atoms with Crippen LogP contribution in [0.25, 0.3) is 0 Å². The first kappa shape index (κ1) is 11.0. The van der Waals surface area contributed by atoms with Crippen molar-refractivity contribution in [1.29, 1.82) is 0 Å². The van der Waals surface area contributed by atoms with Crippen molar-refractivity contribution < 1.29 is 9.90 Å². The molecule has 78 valence electrons. The van der Waals surface area contributed by atoms with Gasteiger partial charge in [-0.2, -0.15) is 0 Å². The molecule has 1 fully saturated rings. The molecule has 2 heteroatoms. The molecule has 1 saturated carbocycles. The average Bonchev–Trinajstić information content (AvgIpc) is 2.15. The Morgan fingerprint density at radius 3 is 2.21 bits per heavy atom. The minimum absolute atomic E-state index is 0.0527. The number of ketones is 1. The minimum atomic E-state index is -0.0527. The van der Waals surface area contributed by atoms with Gasteiger partial charge in [0.25, 0.3) is 0 Å². The lowest BCUT2D eigenvalue weighted by Gasteiger charge is -2.13. The van der Waals surface area contributed by atoms with Crippen LogP contribution in [-0.2, 0) is 4.79 Å².